The first-order chi connectivity index (χ1) is 11.3. The van der Waals surface area contributed by atoms with Gasteiger partial charge in [0.2, 0.25) is 0 Å². The number of rotatable bonds is 7. The Morgan fingerprint density at radius 1 is 1.04 bits per heavy atom. The summed E-state index contributed by atoms with van der Waals surface area (Å²) >= 11 is 0. The van der Waals surface area contributed by atoms with E-state index in [1.54, 1.807) is 40.0 Å². The van der Waals surface area contributed by atoms with E-state index in [0.29, 0.717) is 5.75 Å². The summed E-state index contributed by atoms with van der Waals surface area (Å²) in [4.78, 5) is 25.0. The molecule has 6 heteroatoms. The second kappa shape index (κ2) is 8.14. The van der Waals surface area contributed by atoms with Crippen LogP contribution in [-0.4, -0.2) is 32.8 Å². The molecule has 0 fully saturated rings. The molecule has 0 aliphatic rings. The molecule has 0 aliphatic carbocycles. The van der Waals surface area contributed by atoms with Crippen LogP contribution in [0.3, 0.4) is 0 Å². The molecule has 0 bridgehead atoms. The van der Waals surface area contributed by atoms with Gasteiger partial charge < -0.3 is 13.9 Å². The highest BCUT2D eigenvalue weighted by atomic mass is 28.4. The zero-order valence-electron chi connectivity index (χ0n) is 16.5. The smallest absolute Gasteiger partial charge is 0.319 e. The minimum atomic E-state index is -2.03. The molecule has 2 atom stereocenters. The number of ketones is 1. The van der Waals surface area contributed by atoms with E-state index in [2.05, 4.69) is 0 Å². The predicted molar refractivity (Wildman–Crippen MR) is 100 cm³/mol. The first-order valence-electron chi connectivity index (χ1n) is 8.39. The Hall–Kier alpha value is -1.66. The maximum atomic E-state index is 12.7. The molecule has 0 heterocycles. The summed E-state index contributed by atoms with van der Waals surface area (Å²) < 4.78 is 16.9. The first kappa shape index (κ1) is 21.4. The molecule has 5 nitrogen and oxygen atoms in total. The molecule has 0 saturated heterocycles. The molecule has 0 radical (unpaired) electrons. The molecule has 0 aliphatic heterocycles. The Kier molecular flexibility index (Phi) is 6.96. The molecule has 0 spiro atoms. The average molecular weight is 367 g/mol. The maximum absolute atomic E-state index is 12.7. The molecule has 140 valence electrons. The van der Waals surface area contributed by atoms with Crippen molar-refractivity contribution in [2.75, 3.05) is 7.11 Å². The molecular weight excluding hydrogens is 336 g/mol. The second-order valence-electron chi connectivity index (χ2n) is 8.05. The highest BCUT2D eigenvalue weighted by Gasteiger charge is 2.39. The first-order valence-corrected chi connectivity index (χ1v) is 11.8. The summed E-state index contributed by atoms with van der Waals surface area (Å²) in [6, 6.07) is 7.23. The van der Waals surface area contributed by atoms with E-state index >= 15 is 0 Å². The number of Topliss-reactive ketones (excluding diaryl/α,β-unsaturated/α-hetero) is 1. The molecule has 2 unspecified atom stereocenters. The lowest BCUT2D eigenvalue weighted by Gasteiger charge is -2.32. The molecule has 25 heavy (non-hydrogen) atoms. The summed E-state index contributed by atoms with van der Waals surface area (Å²) in [5, 5.41) is 0. The number of esters is 1. The van der Waals surface area contributed by atoms with E-state index in [1.807, 2.05) is 31.8 Å². The van der Waals surface area contributed by atoms with Crippen molar-refractivity contribution in [1.29, 1.82) is 0 Å². The van der Waals surface area contributed by atoms with Gasteiger partial charge in [0.15, 0.2) is 8.32 Å². The van der Waals surface area contributed by atoms with Gasteiger partial charge in [-0.25, -0.2) is 0 Å². The van der Waals surface area contributed by atoms with Crippen molar-refractivity contribution < 1.29 is 23.5 Å². The Balaban J connectivity index is 3.29. The van der Waals surface area contributed by atoms with E-state index in [1.165, 1.54) is 6.92 Å². The average Bonchev–Trinajstić information content (AvgIpc) is 2.43. The van der Waals surface area contributed by atoms with Crippen LogP contribution < -0.4 is 4.74 Å². The van der Waals surface area contributed by atoms with Crippen LogP contribution >= 0.6 is 0 Å². The van der Waals surface area contributed by atoms with Crippen molar-refractivity contribution in [3.05, 3.63) is 29.8 Å². The molecule has 1 aromatic carbocycles. The van der Waals surface area contributed by atoms with Gasteiger partial charge in [-0.1, -0.05) is 12.1 Å². The minimum Gasteiger partial charge on any atom is -0.497 e. The third kappa shape index (κ3) is 7.00. The van der Waals surface area contributed by atoms with E-state index in [0.717, 1.165) is 5.56 Å². The lowest BCUT2D eigenvalue weighted by atomic mass is 9.92. The largest absolute Gasteiger partial charge is 0.497 e. The van der Waals surface area contributed by atoms with E-state index < -0.39 is 31.9 Å². The quantitative estimate of drug-likeness (QED) is 0.412. The van der Waals surface area contributed by atoms with Gasteiger partial charge in [-0.05, 0) is 65.0 Å². The lowest BCUT2D eigenvalue weighted by molar-refractivity contribution is -0.165. The van der Waals surface area contributed by atoms with Crippen LogP contribution in [0.25, 0.3) is 0 Å². The Morgan fingerprint density at radius 3 is 1.92 bits per heavy atom. The topological polar surface area (TPSA) is 61.8 Å². The van der Waals surface area contributed by atoms with Crippen LogP contribution in [0.2, 0.25) is 19.6 Å². The van der Waals surface area contributed by atoms with Crippen molar-refractivity contribution in [2.45, 2.75) is 59.0 Å². The Labute approximate surface area is 151 Å². The van der Waals surface area contributed by atoms with E-state index in [-0.39, 0.29) is 5.78 Å². The second-order valence-corrected chi connectivity index (χ2v) is 12.5. The SMILES string of the molecule is COc1ccc(C(O[Si](C)(C)C)C(C(C)=O)C(=O)OC(C)(C)C)cc1. The summed E-state index contributed by atoms with van der Waals surface area (Å²) in [6.07, 6.45) is -0.676. The van der Waals surface area contributed by atoms with Crippen LogP contribution in [0.4, 0.5) is 0 Å². The van der Waals surface area contributed by atoms with Gasteiger partial charge in [0.25, 0.3) is 0 Å². The van der Waals surface area contributed by atoms with Gasteiger partial charge in [-0.3, -0.25) is 9.59 Å². The number of carbonyl (C=O) groups is 2. The zero-order valence-corrected chi connectivity index (χ0v) is 17.5. The van der Waals surface area contributed by atoms with Crippen LogP contribution in [0.5, 0.6) is 5.75 Å². The molecule has 0 saturated carbocycles. The normalized spacial score (nSPS) is 14.6. The molecular formula is C19H30O5Si. The number of benzene rings is 1. The highest BCUT2D eigenvalue weighted by Crippen LogP contribution is 2.33. The molecule has 1 aromatic rings. The van der Waals surface area contributed by atoms with E-state index in [4.69, 9.17) is 13.9 Å². The highest BCUT2D eigenvalue weighted by molar-refractivity contribution is 6.69. The molecule has 0 N–H and O–H groups in total. The fourth-order valence-electron chi connectivity index (χ4n) is 2.37. The van der Waals surface area contributed by atoms with Gasteiger partial charge in [0.1, 0.15) is 23.1 Å². The summed E-state index contributed by atoms with van der Waals surface area (Å²) in [5.41, 5.74) is 0.0864. The predicted octanol–water partition coefficient (Wildman–Crippen LogP) is 4.13. The van der Waals surface area contributed by atoms with Crippen LogP contribution in [0, 0.1) is 5.92 Å². The minimum absolute atomic E-state index is 0.270. The van der Waals surface area contributed by atoms with Gasteiger partial charge in [-0.2, -0.15) is 0 Å². The fraction of sp³-hybridized carbons (Fsp3) is 0.579. The van der Waals surface area contributed by atoms with Crippen molar-refractivity contribution >= 4 is 20.1 Å². The number of hydrogen-bond donors (Lipinski definition) is 0. The summed E-state index contributed by atoms with van der Waals surface area (Å²) in [7, 11) is -0.442. The number of carbonyl (C=O) groups excluding carboxylic acids is 2. The van der Waals surface area contributed by atoms with Crippen molar-refractivity contribution in [2.24, 2.45) is 5.92 Å². The third-order valence-corrected chi connectivity index (χ3v) is 4.29. The zero-order chi connectivity index (χ0) is 19.4. The monoisotopic (exact) mass is 366 g/mol. The van der Waals surface area contributed by atoms with Crippen molar-refractivity contribution in [1.82, 2.24) is 0 Å². The Morgan fingerprint density at radius 2 is 1.56 bits per heavy atom. The molecule has 0 amide bonds. The van der Waals surface area contributed by atoms with Crippen LogP contribution in [0.1, 0.15) is 39.4 Å². The Bertz CT molecular complexity index is 596. The molecule has 1 rings (SSSR count). The van der Waals surface area contributed by atoms with Gasteiger partial charge in [0, 0.05) is 0 Å². The van der Waals surface area contributed by atoms with Gasteiger partial charge in [0.05, 0.1) is 13.2 Å². The maximum Gasteiger partial charge on any atom is 0.319 e. The van der Waals surface area contributed by atoms with Crippen molar-refractivity contribution in [3.63, 3.8) is 0 Å². The number of ether oxygens (including phenoxy) is 2. The number of methoxy groups -OCH3 is 1. The summed E-state index contributed by atoms with van der Waals surface area (Å²) in [5.74, 6) is -1.13. The van der Waals surface area contributed by atoms with Crippen LogP contribution in [-0.2, 0) is 18.8 Å². The van der Waals surface area contributed by atoms with Crippen molar-refractivity contribution in [3.8, 4) is 5.75 Å². The molecule has 0 aromatic heterocycles. The van der Waals surface area contributed by atoms with Gasteiger partial charge in [-0.15, -0.1) is 0 Å². The standard InChI is InChI=1S/C19H30O5Si/c1-13(20)16(18(21)23-19(2,3)4)17(24-25(6,7)8)14-9-11-15(22-5)12-10-14/h9-12,16-17H,1-8H3. The van der Waals surface area contributed by atoms with Gasteiger partial charge >= 0.3 is 5.97 Å². The number of hydrogen-bond acceptors (Lipinski definition) is 5. The fourth-order valence-corrected chi connectivity index (χ4v) is 3.40. The van der Waals surface area contributed by atoms with Crippen LogP contribution in [0.15, 0.2) is 24.3 Å². The van der Waals surface area contributed by atoms with E-state index in [9.17, 15) is 9.59 Å². The lowest BCUT2D eigenvalue weighted by Crippen LogP contribution is -2.40. The summed E-state index contributed by atoms with van der Waals surface area (Å²) in [6.45, 7) is 12.8. The third-order valence-electron chi connectivity index (χ3n) is 3.33.